The smallest absolute Gasteiger partial charge is 0.242 e. The molecule has 5 fully saturated rings. The van der Waals surface area contributed by atoms with Gasteiger partial charge in [0.1, 0.15) is 0 Å². The second-order valence-corrected chi connectivity index (χ2v) is 14.0. The summed E-state index contributed by atoms with van der Waals surface area (Å²) < 4.78 is 0. The molecule has 5 aliphatic rings. The lowest BCUT2D eigenvalue weighted by molar-refractivity contribution is -0.156. The number of aliphatic hydroxyl groups is 2. The monoisotopic (exact) mass is 531 g/mol. The quantitative estimate of drug-likeness (QED) is 0.437. The number of carbonyl (C=O) groups is 2. The van der Waals surface area contributed by atoms with Crippen LogP contribution in [0.2, 0.25) is 0 Å². The lowest BCUT2D eigenvalue weighted by Gasteiger charge is -2.62. The molecule has 38 heavy (non-hydrogen) atoms. The summed E-state index contributed by atoms with van der Waals surface area (Å²) in [6.45, 7) is 10.0. The Bertz CT molecular complexity index is 860. The van der Waals surface area contributed by atoms with Gasteiger partial charge in [0.25, 0.3) is 0 Å². The lowest BCUT2D eigenvalue weighted by atomic mass is 9.44. The van der Waals surface area contributed by atoms with Crippen molar-refractivity contribution in [2.45, 2.75) is 116 Å². The van der Waals surface area contributed by atoms with Gasteiger partial charge in [0.15, 0.2) is 0 Å². The molecule has 7 nitrogen and oxygen atoms in total. The van der Waals surface area contributed by atoms with Crippen molar-refractivity contribution in [1.29, 1.82) is 0 Å². The molecule has 4 saturated carbocycles. The molecule has 7 heteroatoms. The molecule has 0 aromatic carbocycles. The minimum atomic E-state index is -0.295. The SMILES string of the molecule is CCCCCC(=O)NCC(=O)N1CCN([C@H]2C[C@@]3(C)[C@@H](CC[C@@H]4[C@@H]3CC[C@]3(C)[C@@H](O)CC[C@@H]43)C[C@@H]2O)CC1. The van der Waals surface area contributed by atoms with Crippen molar-refractivity contribution in [2.75, 3.05) is 32.7 Å². The third-order valence-corrected chi connectivity index (χ3v) is 12.2. The van der Waals surface area contributed by atoms with Crippen LogP contribution in [0.25, 0.3) is 0 Å². The van der Waals surface area contributed by atoms with Crippen LogP contribution >= 0.6 is 0 Å². The van der Waals surface area contributed by atoms with Gasteiger partial charge in [-0.2, -0.15) is 0 Å². The van der Waals surface area contributed by atoms with Gasteiger partial charge in [-0.25, -0.2) is 0 Å². The fourth-order valence-corrected chi connectivity index (χ4v) is 9.83. The molecule has 216 valence electrons. The number of nitrogens with one attached hydrogen (secondary N) is 1. The maximum absolute atomic E-state index is 12.7. The molecule has 0 spiro atoms. The summed E-state index contributed by atoms with van der Waals surface area (Å²) >= 11 is 0. The zero-order valence-corrected chi connectivity index (χ0v) is 24.2. The Morgan fingerprint density at radius 2 is 1.66 bits per heavy atom. The molecule has 1 heterocycles. The van der Waals surface area contributed by atoms with Crippen molar-refractivity contribution < 1.29 is 19.8 Å². The molecule has 9 atom stereocenters. The molecule has 0 radical (unpaired) electrons. The van der Waals surface area contributed by atoms with E-state index in [2.05, 4.69) is 31.0 Å². The first-order chi connectivity index (χ1) is 18.2. The van der Waals surface area contributed by atoms with E-state index in [-0.39, 0.29) is 47.4 Å². The maximum atomic E-state index is 12.7. The predicted molar refractivity (Wildman–Crippen MR) is 148 cm³/mol. The Labute approximate surface area is 230 Å². The molecule has 1 saturated heterocycles. The van der Waals surface area contributed by atoms with Gasteiger partial charge < -0.3 is 20.4 Å². The number of amides is 2. The van der Waals surface area contributed by atoms with Crippen LogP contribution in [0.5, 0.6) is 0 Å². The van der Waals surface area contributed by atoms with Crippen LogP contribution in [0.4, 0.5) is 0 Å². The number of nitrogens with zero attached hydrogens (tertiary/aromatic N) is 2. The third-order valence-electron chi connectivity index (χ3n) is 12.2. The minimum absolute atomic E-state index is 0.00355. The van der Waals surface area contributed by atoms with Crippen LogP contribution in [-0.2, 0) is 9.59 Å². The van der Waals surface area contributed by atoms with Gasteiger partial charge in [0.2, 0.25) is 11.8 Å². The van der Waals surface area contributed by atoms with Crippen molar-refractivity contribution in [3.63, 3.8) is 0 Å². The summed E-state index contributed by atoms with van der Waals surface area (Å²) in [4.78, 5) is 29.1. The third kappa shape index (κ3) is 5.16. The van der Waals surface area contributed by atoms with E-state index in [1.54, 1.807) is 0 Å². The lowest BCUT2D eigenvalue weighted by Crippen LogP contribution is -2.62. The zero-order chi connectivity index (χ0) is 27.1. The van der Waals surface area contributed by atoms with Crippen molar-refractivity contribution in [3.8, 4) is 0 Å². The normalized spacial score (nSPS) is 43.2. The second kappa shape index (κ2) is 11.4. The average molecular weight is 532 g/mol. The van der Waals surface area contributed by atoms with Crippen LogP contribution in [0.3, 0.4) is 0 Å². The van der Waals surface area contributed by atoms with Gasteiger partial charge in [-0.15, -0.1) is 0 Å². The molecule has 3 N–H and O–H groups in total. The second-order valence-electron chi connectivity index (χ2n) is 14.0. The van der Waals surface area contributed by atoms with Crippen molar-refractivity contribution in [1.82, 2.24) is 15.1 Å². The summed E-state index contributed by atoms with van der Waals surface area (Å²) in [7, 11) is 0. The summed E-state index contributed by atoms with van der Waals surface area (Å²) in [5.41, 5.74) is 0.354. The molecule has 4 aliphatic carbocycles. The number of piperazine rings is 1. The largest absolute Gasteiger partial charge is 0.393 e. The molecule has 2 amide bonds. The van der Waals surface area contributed by atoms with E-state index in [4.69, 9.17) is 0 Å². The Hall–Kier alpha value is -1.18. The van der Waals surface area contributed by atoms with E-state index in [0.717, 1.165) is 64.0 Å². The van der Waals surface area contributed by atoms with Crippen molar-refractivity contribution >= 4 is 11.8 Å². The summed E-state index contributed by atoms with van der Waals surface area (Å²) in [5, 5.41) is 24.9. The van der Waals surface area contributed by atoms with E-state index in [9.17, 15) is 19.8 Å². The number of aliphatic hydroxyl groups excluding tert-OH is 2. The fourth-order valence-electron chi connectivity index (χ4n) is 9.83. The van der Waals surface area contributed by atoms with E-state index in [1.807, 2.05) is 4.90 Å². The number of rotatable bonds is 7. The van der Waals surface area contributed by atoms with Crippen LogP contribution in [0, 0.1) is 34.5 Å². The Balaban J connectivity index is 1.17. The number of unbranched alkanes of at least 4 members (excludes halogenated alkanes) is 2. The number of hydrogen-bond donors (Lipinski definition) is 3. The highest BCUT2D eigenvalue weighted by molar-refractivity contribution is 5.84. The molecular weight excluding hydrogens is 478 g/mol. The van der Waals surface area contributed by atoms with Gasteiger partial charge in [-0.3, -0.25) is 14.5 Å². The van der Waals surface area contributed by atoms with Gasteiger partial charge in [-0.05, 0) is 92.3 Å². The molecule has 0 unspecified atom stereocenters. The van der Waals surface area contributed by atoms with Crippen LogP contribution in [0.1, 0.15) is 97.8 Å². The first-order valence-corrected chi connectivity index (χ1v) is 15.8. The standard InChI is InChI=1S/C31H53N3O4/c1-4-5-6-7-28(37)32-20-29(38)34-16-14-33(15-17-34)25-19-31(3)21(18-26(25)35)8-9-22-23-10-11-27(36)30(23,2)13-12-24(22)31/h21-27,35-36H,4-20H2,1-3H3,(H,32,37)/t21-,22-,23-,24-,25-,26-,27-,30-,31-/m0/s1. The highest BCUT2D eigenvalue weighted by Gasteiger charge is 2.61. The van der Waals surface area contributed by atoms with Gasteiger partial charge in [0, 0.05) is 38.6 Å². The number of fused-ring (bicyclic) bond motifs is 5. The van der Waals surface area contributed by atoms with Crippen molar-refractivity contribution in [3.05, 3.63) is 0 Å². The highest BCUT2D eigenvalue weighted by atomic mass is 16.3. The number of carbonyl (C=O) groups excluding carboxylic acids is 2. The van der Waals surface area contributed by atoms with E-state index in [1.165, 1.54) is 25.7 Å². The zero-order valence-electron chi connectivity index (χ0n) is 24.2. The first-order valence-electron chi connectivity index (χ1n) is 15.8. The van der Waals surface area contributed by atoms with Gasteiger partial charge in [0.05, 0.1) is 18.8 Å². The predicted octanol–water partition coefficient (Wildman–Crippen LogP) is 3.57. The average Bonchev–Trinajstić information content (AvgIpc) is 3.22. The fraction of sp³-hybridized carbons (Fsp3) is 0.935. The van der Waals surface area contributed by atoms with Crippen molar-refractivity contribution in [2.24, 2.45) is 34.5 Å². The van der Waals surface area contributed by atoms with E-state index < -0.39 is 0 Å². The van der Waals surface area contributed by atoms with Crippen LogP contribution < -0.4 is 5.32 Å². The molecule has 5 rings (SSSR count). The highest BCUT2D eigenvalue weighted by Crippen LogP contribution is 2.66. The minimum Gasteiger partial charge on any atom is -0.393 e. The van der Waals surface area contributed by atoms with Crippen LogP contribution in [-0.4, -0.2) is 82.8 Å². The first kappa shape index (κ1) is 28.4. The Morgan fingerprint density at radius 3 is 2.39 bits per heavy atom. The molecule has 0 aromatic rings. The van der Waals surface area contributed by atoms with Gasteiger partial charge in [-0.1, -0.05) is 33.6 Å². The van der Waals surface area contributed by atoms with Crippen LogP contribution in [0.15, 0.2) is 0 Å². The summed E-state index contributed by atoms with van der Waals surface area (Å²) in [5.74, 6) is 2.64. The topological polar surface area (TPSA) is 93.1 Å². The number of hydrogen-bond acceptors (Lipinski definition) is 5. The summed E-state index contributed by atoms with van der Waals surface area (Å²) in [6, 6.07) is 0.160. The maximum Gasteiger partial charge on any atom is 0.242 e. The van der Waals surface area contributed by atoms with Gasteiger partial charge >= 0.3 is 0 Å². The Morgan fingerprint density at radius 1 is 0.921 bits per heavy atom. The molecule has 1 aliphatic heterocycles. The molecule has 0 bridgehead atoms. The molecule has 0 aromatic heterocycles. The summed E-state index contributed by atoms with van der Waals surface area (Å²) in [6.07, 6.45) is 12.0. The van der Waals surface area contributed by atoms with E-state index in [0.29, 0.717) is 37.3 Å². The molecular formula is C31H53N3O4. The Kier molecular flexibility index (Phi) is 8.48. The van der Waals surface area contributed by atoms with E-state index >= 15 is 0 Å².